The molecule has 0 spiro atoms. The number of nitrogens with zero attached hydrogens (tertiary/aromatic N) is 2. The molecule has 2 aromatic rings. The number of unbranched alkanes of at least 4 members (excludes halogenated alkanes) is 2. The summed E-state index contributed by atoms with van der Waals surface area (Å²) < 4.78 is 1.73. The average molecular weight is 245 g/mol. The first-order chi connectivity index (χ1) is 8.76. The molecule has 0 aromatic carbocycles. The quantitative estimate of drug-likeness (QED) is 0.823. The van der Waals surface area contributed by atoms with E-state index in [1.54, 1.807) is 4.57 Å². The van der Waals surface area contributed by atoms with Crippen molar-refractivity contribution in [2.24, 2.45) is 0 Å². The van der Waals surface area contributed by atoms with E-state index in [4.69, 9.17) is 0 Å². The number of aromatic nitrogens is 3. The Hall–Kier alpha value is -1.84. The maximum atomic E-state index is 11.9. The standard InChI is InChI=1S/C14H19N3O/c1-3-5-6-10-17-13-12(16-14(17)18)9-8-11(15-13)7-4-2/h4,7-9H,3,5-6,10H2,1-2H3,(H,16,18)/b7-4-. The molecule has 0 saturated carbocycles. The van der Waals surface area contributed by atoms with Gasteiger partial charge in [-0.25, -0.2) is 9.78 Å². The van der Waals surface area contributed by atoms with Gasteiger partial charge in [0.2, 0.25) is 0 Å². The van der Waals surface area contributed by atoms with Crippen molar-refractivity contribution in [1.82, 2.24) is 14.5 Å². The Morgan fingerprint density at radius 1 is 1.39 bits per heavy atom. The summed E-state index contributed by atoms with van der Waals surface area (Å²) >= 11 is 0. The van der Waals surface area contributed by atoms with Gasteiger partial charge in [-0.3, -0.25) is 4.57 Å². The zero-order valence-electron chi connectivity index (χ0n) is 10.9. The molecule has 96 valence electrons. The first-order valence-electron chi connectivity index (χ1n) is 6.48. The van der Waals surface area contributed by atoms with E-state index in [1.165, 1.54) is 0 Å². The molecule has 4 heteroatoms. The minimum Gasteiger partial charge on any atom is -0.304 e. The summed E-state index contributed by atoms with van der Waals surface area (Å²) in [6.07, 6.45) is 7.18. The summed E-state index contributed by atoms with van der Waals surface area (Å²) in [5.41, 5.74) is 2.39. The molecule has 0 aliphatic rings. The molecule has 4 nitrogen and oxygen atoms in total. The molecule has 2 heterocycles. The van der Waals surface area contributed by atoms with Gasteiger partial charge in [-0.1, -0.05) is 25.8 Å². The third-order valence-corrected chi connectivity index (χ3v) is 2.96. The molecule has 1 N–H and O–H groups in total. The lowest BCUT2D eigenvalue weighted by molar-refractivity contribution is 0.597. The highest BCUT2D eigenvalue weighted by Crippen LogP contribution is 2.11. The molecule has 0 unspecified atom stereocenters. The Bertz CT molecular complexity index is 607. The van der Waals surface area contributed by atoms with Crippen LogP contribution in [-0.2, 0) is 6.54 Å². The number of fused-ring (bicyclic) bond motifs is 1. The second-order valence-corrected chi connectivity index (χ2v) is 4.40. The lowest BCUT2D eigenvalue weighted by Gasteiger charge is -2.02. The van der Waals surface area contributed by atoms with Crippen molar-refractivity contribution in [3.63, 3.8) is 0 Å². The van der Waals surface area contributed by atoms with Gasteiger partial charge >= 0.3 is 5.69 Å². The number of hydrogen-bond donors (Lipinski definition) is 1. The minimum atomic E-state index is -0.0637. The van der Waals surface area contributed by atoms with Crippen LogP contribution in [0.2, 0.25) is 0 Å². The second kappa shape index (κ2) is 5.67. The predicted octanol–water partition coefficient (Wildman–Crippen LogP) is 2.95. The number of imidazole rings is 1. The van der Waals surface area contributed by atoms with Gasteiger partial charge < -0.3 is 4.98 Å². The van der Waals surface area contributed by atoms with Gasteiger partial charge in [0.05, 0.1) is 11.2 Å². The summed E-state index contributed by atoms with van der Waals surface area (Å²) in [5, 5.41) is 0. The number of pyridine rings is 1. The number of allylic oxidation sites excluding steroid dienone is 1. The van der Waals surface area contributed by atoms with E-state index in [2.05, 4.69) is 16.9 Å². The van der Waals surface area contributed by atoms with Gasteiger partial charge in [0.15, 0.2) is 5.65 Å². The predicted molar refractivity (Wildman–Crippen MR) is 74.6 cm³/mol. The van der Waals surface area contributed by atoms with Crippen molar-refractivity contribution < 1.29 is 0 Å². The van der Waals surface area contributed by atoms with Crippen LogP contribution in [0.5, 0.6) is 0 Å². The fourth-order valence-electron chi connectivity index (χ4n) is 2.04. The van der Waals surface area contributed by atoms with Crippen molar-refractivity contribution in [1.29, 1.82) is 0 Å². The van der Waals surface area contributed by atoms with Crippen LogP contribution in [0.1, 0.15) is 38.8 Å². The Kier molecular flexibility index (Phi) is 3.97. The largest absolute Gasteiger partial charge is 0.327 e. The van der Waals surface area contributed by atoms with Gasteiger partial charge in [0, 0.05) is 6.54 Å². The van der Waals surface area contributed by atoms with E-state index < -0.39 is 0 Å². The Morgan fingerprint density at radius 2 is 2.22 bits per heavy atom. The molecule has 0 fully saturated rings. The fourth-order valence-corrected chi connectivity index (χ4v) is 2.04. The van der Waals surface area contributed by atoms with Gasteiger partial charge in [0.25, 0.3) is 0 Å². The Balaban J connectivity index is 2.40. The van der Waals surface area contributed by atoms with Crippen LogP contribution in [0.15, 0.2) is 23.0 Å². The van der Waals surface area contributed by atoms with Crippen LogP contribution in [0.3, 0.4) is 0 Å². The molecule has 0 bridgehead atoms. The molecular formula is C14H19N3O. The number of H-pyrrole nitrogens is 1. The maximum Gasteiger partial charge on any atom is 0.327 e. The Morgan fingerprint density at radius 3 is 2.94 bits per heavy atom. The summed E-state index contributed by atoms with van der Waals surface area (Å²) in [6, 6.07) is 3.82. The first kappa shape index (κ1) is 12.6. The van der Waals surface area contributed by atoms with Crippen LogP contribution in [0.4, 0.5) is 0 Å². The molecule has 0 radical (unpaired) electrons. The molecule has 0 saturated heterocycles. The third-order valence-electron chi connectivity index (χ3n) is 2.96. The fraction of sp³-hybridized carbons (Fsp3) is 0.429. The minimum absolute atomic E-state index is 0.0637. The molecule has 0 aliphatic carbocycles. The van der Waals surface area contributed by atoms with Crippen LogP contribution in [0, 0.1) is 0 Å². The monoisotopic (exact) mass is 245 g/mol. The number of aryl methyl sites for hydroxylation is 1. The first-order valence-corrected chi connectivity index (χ1v) is 6.48. The molecule has 18 heavy (non-hydrogen) atoms. The highest BCUT2D eigenvalue weighted by Gasteiger charge is 2.07. The summed E-state index contributed by atoms with van der Waals surface area (Å²) in [5.74, 6) is 0. The second-order valence-electron chi connectivity index (χ2n) is 4.40. The summed E-state index contributed by atoms with van der Waals surface area (Å²) in [6.45, 7) is 4.84. The van der Waals surface area contributed by atoms with E-state index in [0.29, 0.717) is 0 Å². The maximum absolute atomic E-state index is 11.9. The molecule has 0 aliphatic heterocycles. The number of aromatic amines is 1. The molecule has 0 atom stereocenters. The van der Waals surface area contributed by atoms with Gasteiger partial charge in [-0.15, -0.1) is 0 Å². The lowest BCUT2D eigenvalue weighted by Crippen LogP contribution is -2.17. The van der Waals surface area contributed by atoms with Crippen molar-refractivity contribution in [3.05, 3.63) is 34.4 Å². The van der Waals surface area contributed by atoms with Crippen molar-refractivity contribution >= 4 is 17.2 Å². The lowest BCUT2D eigenvalue weighted by atomic mass is 10.2. The molecule has 2 aromatic heterocycles. The van der Waals surface area contributed by atoms with E-state index in [-0.39, 0.29) is 5.69 Å². The highest BCUT2D eigenvalue weighted by molar-refractivity contribution is 5.72. The van der Waals surface area contributed by atoms with Crippen LogP contribution < -0.4 is 5.69 Å². The highest BCUT2D eigenvalue weighted by atomic mass is 16.1. The smallest absolute Gasteiger partial charge is 0.304 e. The zero-order chi connectivity index (χ0) is 13.0. The van der Waals surface area contributed by atoms with E-state index in [1.807, 2.05) is 31.2 Å². The third kappa shape index (κ3) is 2.53. The average Bonchev–Trinajstić information content (AvgIpc) is 2.66. The van der Waals surface area contributed by atoms with Crippen LogP contribution in [0.25, 0.3) is 17.2 Å². The number of nitrogens with one attached hydrogen (secondary N) is 1. The number of hydrogen-bond acceptors (Lipinski definition) is 2. The SMILES string of the molecule is C/C=C\c1ccc2[nH]c(=O)n(CCCCC)c2n1. The normalized spacial score (nSPS) is 11.7. The summed E-state index contributed by atoms with van der Waals surface area (Å²) in [4.78, 5) is 19.2. The number of rotatable bonds is 5. The van der Waals surface area contributed by atoms with Gasteiger partial charge in [0.1, 0.15) is 0 Å². The molecular weight excluding hydrogens is 226 g/mol. The van der Waals surface area contributed by atoms with Crippen LogP contribution >= 0.6 is 0 Å². The van der Waals surface area contributed by atoms with Gasteiger partial charge in [-0.05, 0) is 31.6 Å². The zero-order valence-corrected chi connectivity index (χ0v) is 10.9. The Labute approximate surface area is 106 Å². The van der Waals surface area contributed by atoms with Crippen molar-refractivity contribution in [2.75, 3.05) is 0 Å². The topological polar surface area (TPSA) is 50.7 Å². The van der Waals surface area contributed by atoms with Crippen molar-refractivity contribution in [3.8, 4) is 0 Å². The van der Waals surface area contributed by atoms with Gasteiger partial charge in [-0.2, -0.15) is 0 Å². The van der Waals surface area contributed by atoms with Crippen LogP contribution in [-0.4, -0.2) is 14.5 Å². The van der Waals surface area contributed by atoms with E-state index in [0.717, 1.165) is 42.7 Å². The van der Waals surface area contributed by atoms with E-state index >= 15 is 0 Å². The molecule has 0 amide bonds. The summed E-state index contributed by atoms with van der Waals surface area (Å²) in [7, 11) is 0. The van der Waals surface area contributed by atoms with Crippen molar-refractivity contribution in [2.45, 2.75) is 39.7 Å². The van der Waals surface area contributed by atoms with E-state index in [9.17, 15) is 4.79 Å². The molecule has 2 rings (SSSR count).